The molecule has 116 valence electrons. The van der Waals surface area contributed by atoms with E-state index in [1.165, 1.54) is 30.2 Å². The first-order valence-corrected chi connectivity index (χ1v) is 8.51. The Hall–Kier alpha value is -1.45. The molecule has 2 aliphatic rings. The highest BCUT2D eigenvalue weighted by Gasteiger charge is 2.42. The molecule has 0 bridgehead atoms. The third-order valence-corrected chi connectivity index (χ3v) is 5.59. The van der Waals surface area contributed by atoms with Crippen LogP contribution in [0.15, 0.2) is 36.5 Å². The first-order chi connectivity index (χ1) is 10.7. The lowest BCUT2D eigenvalue weighted by Crippen LogP contribution is -2.52. The van der Waals surface area contributed by atoms with Gasteiger partial charge >= 0.3 is 0 Å². The highest BCUT2D eigenvalue weighted by atomic mass is 16.3. The molecule has 4 rings (SSSR count). The molecule has 0 spiro atoms. The number of hydrogen-bond acceptors (Lipinski definition) is 3. The molecule has 1 aliphatic carbocycles. The van der Waals surface area contributed by atoms with E-state index in [-0.39, 0.29) is 5.60 Å². The Morgan fingerprint density at radius 2 is 2.18 bits per heavy atom. The highest BCUT2D eigenvalue weighted by Crippen LogP contribution is 2.40. The van der Waals surface area contributed by atoms with Crippen LogP contribution in [0.1, 0.15) is 37.7 Å². The van der Waals surface area contributed by atoms with Gasteiger partial charge in [0.2, 0.25) is 0 Å². The van der Waals surface area contributed by atoms with Crippen LogP contribution in [0.25, 0.3) is 10.9 Å². The van der Waals surface area contributed by atoms with Crippen LogP contribution >= 0.6 is 0 Å². The molecule has 0 amide bonds. The fourth-order valence-electron chi connectivity index (χ4n) is 4.26. The molecule has 0 radical (unpaired) electrons. The zero-order valence-electron chi connectivity index (χ0n) is 13.0. The minimum absolute atomic E-state index is 0.373. The van der Waals surface area contributed by atoms with Gasteiger partial charge in [-0.3, -0.25) is 9.88 Å². The van der Waals surface area contributed by atoms with Gasteiger partial charge in [-0.25, -0.2) is 0 Å². The minimum atomic E-state index is -0.373. The lowest BCUT2D eigenvalue weighted by Gasteiger charge is -2.47. The molecule has 3 nitrogen and oxygen atoms in total. The predicted molar refractivity (Wildman–Crippen MR) is 88.5 cm³/mol. The maximum absolute atomic E-state index is 10.8. The van der Waals surface area contributed by atoms with Crippen LogP contribution in [0.4, 0.5) is 0 Å². The lowest BCUT2D eigenvalue weighted by molar-refractivity contribution is -0.0967. The minimum Gasteiger partial charge on any atom is -0.390 e. The van der Waals surface area contributed by atoms with Crippen LogP contribution < -0.4 is 0 Å². The number of aliphatic hydroxyl groups is 1. The van der Waals surface area contributed by atoms with Gasteiger partial charge < -0.3 is 5.11 Å². The average Bonchev–Trinajstić information content (AvgIpc) is 2.55. The van der Waals surface area contributed by atoms with E-state index in [9.17, 15) is 5.11 Å². The van der Waals surface area contributed by atoms with Gasteiger partial charge in [-0.2, -0.15) is 0 Å². The number of benzene rings is 1. The molecular formula is C19H24N2O. The SMILES string of the molecule is OC12CCCCC1CN(Cc1ccc3ncccc3c1)CC2. The van der Waals surface area contributed by atoms with Crippen LogP contribution in [-0.4, -0.2) is 33.7 Å². The first-order valence-electron chi connectivity index (χ1n) is 8.51. The number of rotatable bonds is 2. The van der Waals surface area contributed by atoms with Crippen molar-refractivity contribution in [1.29, 1.82) is 0 Å². The number of fused-ring (bicyclic) bond motifs is 2. The van der Waals surface area contributed by atoms with Crippen LogP contribution in [0, 0.1) is 5.92 Å². The summed E-state index contributed by atoms with van der Waals surface area (Å²) in [4.78, 5) is 6.90. The number of piperidine rings is 1. The van der Waals surface area contributed by atoms with Crippen LogP contribution in [-0.2, 0) is 6.54 Å². The van der Waals surface area contributed by atoms with Crippen LogP contribution in [0.5, 0.6) is 0 Å². The molecule has 2 atom stereocenters. The van der Waals surface area contributed by atoms with E-state index in [4.69, 9.17) is 0 Å². The summed E-state index contributed by atoms with van der Waals surface area (Å²) in [5.74, 6) is 0.470. The number of likely N-dealkylation sites (tertiary alicyclic amines) is 1. The van der Waals surface area contributed by atoms with E-state index in [1.807, 2.05) is 12.3 Å². The Bertz CT molecular complexity index is 671. The van der Waals surface area contributed by atoms with Crippen molar-refractivity contribution in [3.05, 3.63) is 42.1 Å². The molecule has 2 unspecified atom stereocenters. The summed E-state index contributed by atoms with van der Waals surface area (Å²) in [6.07, 6.45) is 7.46. The summed E-state index contributed by atoms with van der Waals surface area (Å²) in [7, 11) is 0. The van der Waals surface area contributed by atoms with Crippen molar-refractivity contribution in [2.75, 3.05) is 13.1 Å². The number of nitrogens with zero attached hydrogens (tertiary/aromatic N) is 2. The van der Waals surface area contributed by atoms with Crippen molar-refractivity contribution in [3.8, 4) is 0 Å². The van der Waals surface area contributed by atoms with Gasteiger partial charge in [0.15, 0.2) is 0 Å². The van der Waals surface area contributed by atoms with Crippen LogP contribution in [0.3, 0.4) is 0 Å². The van der Waals surface area contributed by atoms with Gasteiger partial charge in [0.05, 0.1) is 11.1 Å². The molecule has 1 aromatic heterocycles. The van der Waals surface area contributed by atoms with Crippen molar-refractivity contribution in [2.24, 2.45) is 5.92 Å². The summed E-state index contributed by atoms with van der Waals surface area (Å²) >= 11 is 0. The number of aromatic nitrogens is 1. The summed E-state index contributed by atoms with van der Waals surface area (Å²) in [6.45, 7) is 3.04. The third-order valence-electron chi connectivity index (χ3n) is 5.59. The monoisotopic (exact) mass is 296 g/mol. The fraction of sp³-hybridized carbons (Fsp3) is 0.526. The van der Waals surface area contributed by atoms with Gasteiger partial charge in [-0.1, -0.05) is 25.0 Å². The fourth-order valence-corrected chi connectivity index (χ4v) is 4.26. The molecule has 1 saturated heterocycles. The average molecular weight is 296 g/mol. The quantitative estimate of drug-likeness (QED) is 0.923. The molecule has 22 heavy (non-hydrogen) atoms. The van der Waals surface area contributed by atoms with E-state index in [0.717, 1.165) is 38.0 Å². The maximum Gasteiger partial charge on any atom is 0.0702 e. The van der Waals surface area contributed by atoms with Crippen molar-refractivity contribution in [1.82, 2.24) is 9.88 Å². The van der Waals surface area contributed by atoms with E-state index in [0.29, 0.717) is 5.92 Å². The predicted octanol–water partition coefficient (Wildman–Crippen LogP) is 3.36. The highest BCUT2D eigenvalue weighted by molar-refractivity contribution is 5.78. The molecule has 1 saturated carbocycles. The standard InChI is InChI=1S/C19H24N2O/c22-19-8-2-1-5-17(19)14-21(11-9-19)13-15-6-7-18-16(12-15)4-3-10-20-18/h3-4,6-7,10,12,17,22H,1-2,5,8-9,11,13-14H2. The maximum atomic E-state index is 10.8. The van der Waals surface area contributed by atoms with Gasteiger partial charge in [-0.05, 0) is 43.0 Å². The van der Waals surface area contributed by atoms with E-state index in [1.54, 1.807) is 0 Å². The Labute approximate surface area is 132 Å². The summed E-state index contributed by atoms with van der Waals surface area (Å²) in [5, 5.41) is 12.0. The molecule has 1 N–H and O–H groups in total. The second-order valence-corrected chi connectivity index (χ2v) is 7.06. The summed E-state index contributed by atoms with van der Waals surface area (Å²) in [5.41, 5.74) is 2.04. The second-order valence-electron chi connectivity index (χ2n) is 7.06. The van der Waals surface area contributed by atoms with Crippen LogP contribution in [0.2, 0.25) is 0 Å². The molecule has 2 heterocycles. The van der Waals surface area contributed by atoms with Crippen molar-refractivity contribution in [3.63, 3.8) is 0 Å². The Morgan fingerprint density at radius 1 is 1.23 bits per heavy atom. The van der Waals surface area contributed by atoms with E-state index < -0.39 is 0 Å². The van der Waals surface area contributed by atoms with Crippen molar-refractivity contribution < 1.29 is 5.11 Å². The zero-order valence-corrected chi connectivity index (χ0v) is 13.0. The lowest BCUT2D eigenvalue weighted by atomic mass is 9.71. The van der Waals surface area contributed by atoms with Gasteiger partial charge in [0.25, 0.3) is 0 Å². The largest absolute Gasteiger partial charge is 0.390 e. The molecule has 1 aromatic carbocycles. The van der Waals surface area contributed by atoms with Crippen molar-refractivity contribution >= 4 is 10.9 Å². The molecule has 2 aromatic rings. The first kappa shape index (κ1) is 14.2. The topological polar surface area (TPSA) is 36.4 Å². The Morgan fingerprint density at radius 3 is 3.14 bits per heavy atom. The van der Waals surface area contributed by atoms with Crippen molar-refractivity contribution in [2.45, 2.75) is 44.2 Å². The number of hydrogen-bond donors (Lipinski definition) is 1. The molecule has 1 aliphatic heterocycles. The zero-order chi connectivity index (χ0) is 15.0. The summed E-state index contributed by atoms with van der Waals surface area (Å²) in [6, 6.07) is 10.7. The Kier molecular flexibility index (Phi) is 3.63. The molecular weight excluding hydrogens is 272 g/mol. The smallest absolute Gasteiger partial charge is 0.0702 e. The van der Waals surface area contributed by atoms with Gasteiger partial charge in [0.1, 0.15) is 0 Å². The Balaban J connectivity index is 1.48. The van der Waals surface area contributed by atoms with Gasteiger partial charge in [-0.15, -0.1) is 0 Å². The summed E-state index contributed by atoms with van der Waals surface area (Å²) < 4.78 is 0. The molecule has 3 heteroatoms. The second kappa shape index (κ2) is 5.64. The number of pyridine rings is 1. The molecule has 2 fully saturated rings. The van der Waals surface area contributed by atoms with E-state index in [2.05, 4.69) is 34.1 Å². The van der Waals surface area contributed by atoms with E-state index >= 15 is 0 Å². The normalized spacial score (nSPS) is 29.4. The van der Waals surface area contributed by atoms with Gasteiger partial charge in [0, 0.05) is 37.1 Å². The third kappa shape index (κ3) is 2.64.